The summed E-state index contributed by atoms with van der Waals surface area (Å²) in [5.74, 6) is 0. The van der Waals surface area contributed by atoms with Crippen molar-refractivity contribution in [3.8, 4) is 0 Å². The van der Waals surface area contributed by atoms with Crippen LogP contribution in [-0.2, 0) is 0 Å². The van der Waals surface area contributed by atoms with E-state index < -0.39 is 26.5 Å². The van der Waals surface area contributed by atoms with Crippen molar-refractivity contribution in [1.82, 2.24) is 0 Å². The molecule has 0 aromatic heterocycles. The molecule has 0 unspecified atom stereocenters. The first-order valence-electron chi connectivity index (χ1n) is 11.2. The van der Waals surface area contributed by atoms with Crippen molar-refractivity contribution in [2.75, 3.05) is 0 Å². The van der Waals surface area contributed by atoms with Gasteiger partial charge in [0.1, 0.15) is 0 Å². The van der Waals surface area contributed by atoms with Gasteiger partial charge in [-0.25, -0.2) is 0 Å². The van der Waals surface area contributed by atoms with Crippen molar-refractivity contribution in [1.29, 1.82) is 0 Å². The van der Waals surface area contributed by atoms with E-state index in [9.17, 15) is 0 Å². The predicted molar refractivity (Wildman–Crippen MR) is 135 cm³/mol. The summed E-state index contributed by atoms with van der Waals surface area (Å²) >= 11 is 1.45. The van der Waals surface area contributed by atoms with Crippen molar-refractivity contribution < 1.29 is 0 Å². The Balaban J connectivity index is 3.23. The van der Waals surface area contributed by atoms with Crippen molar-refractivity contribution in [2.45, 2.75) is 96.7 Å². The zero-order valence-corrected chi connectivity index (χ0v) is 24.3. The van der Waals surface area contributed by atoms with E-state index in [1.54, 1.807) is 13.3 Å². The fraction of sp³-hybridized carbons (Fsp3) is 0.667. The molecule has 0 radical (unpaired) electrons. The van der Waals surface area contributed by atoms with E-state index in [4.69, 9.17) is 0 Å². The first kappa shape index (κ1) is 25.5. The molecule has 0 atom stereocenters. The Hall–Kier alpha value is 0.456. The molecule has 0 fully saturated rings. The summed E-state index contributed by atoms with van der Waals surface area (Å²) in [6, 6.07) is 8.95. The number of hydrogen-bond donors (Lipinski definition) is 0. The van der Waals surface area contributed by atoms with E-state index in [1.165, 1.54) is 53.0 Å². The van der Waals surface area contributed by atoms with Gasteiger partial charge in [0.25, 0.3) is 0 Å². The van der Waals surface area contributed by atoms with Crippen molar-refractivity contribution in [3.05, 3.63) is 39.5 Å². The monoisotopic (exact) mass is 558 g/mol. The minimum atomic E-state index is -2.14. The van der Waals surface area contributed by atoms with Crippen LogP contribution in [-0.4, -0.2) is 26.5 Å². The van der Waals surface area contributed by atoms with Gasteiger partial charge >= 0.3 is 185 Å². The molecule has 1 aromatic rings. The Bertz CT molecular complexity index is 535. The summed E-state index contributed by atoms with van der Waals surface area (Å²) in [6.07, 6.45) is 11.1. The zero-order chi connectivity index (χ0) is 20.3. The second-order valence-electron chi connectivity index (χ2n) is 9.46. The maximum atomic E-state index is 3.58. The molecular formula is C24H43BrSiSn. The molecule has 0 saturated carbocycles. The van der Waals surface area contributed by atoms with Gasteiger partial charge in [0, 0.05) is 0 Å². The van der Waals surface area contributed by atoms with Crippen LogP contribution in [0, 0.1) is 0 Å². The molecule has 3 heteroatoms. The quantitative estimate of drug-likeness (QED) is 0.212. The van der Waals surface area contributed by atoms with Crippen LogP contribution in [0.5, 0.6) is 0 Å². The summed E-state index contributed by atoms with van der Waals surface area (Å²) in [4.78, 5) is 0. The van der Waals surface area contributed by atoms with E-state index in [2.05, 4.69) is 86.7 Å². The molecule has 0 aliphatic heterocycles. The molecule has 0 saturated heterocycles. The SMILES string of the molecule is CCC[CH2][Sn]([CH2]CCC)([CH2]CCC)[CH2]/C(=C\c1ccc(Br)cc1)[Si](C)(C)C. The molecule has 1 aromatic carbocycles. The fourth-order valence-corrected chi connectivity index (χ4v) is 28.1. The Morgan fingerprint density at radius 2 is 1.30 bits per heavy atom. The van der Waals surface area contributed by atoms with Crippen LogP contribution in [0.4, 0.5) is 0 Å². The second kappa shape index (κ2) is 12.9. The first-order valence-corrected chi connectivity index (χ1v) is 23.6. The Kier molecular flexibility index (Phi) is 12.2. The maximum absolute atomic E-state index is 3.58. The molecule has 0 heterocycles. The van der Waals surface area contributed by atoms with Crippen LogP contribution < -0.4 is 0 Å². The van der Waals surface area contributed by atoms with Crippen LogP contribution in [0.3, 0.4) is 0 Å². The normalized spacial score (nSPS) is 13.2. The summed E-state index contributed by atoms with van der Waals surface area (Å²) in [5, 5.41) is 1.85. The van der Waals surface area contributed by atoms with E-state index in [1.807, 2.05) is 5.20 Å². The molecule has 0 spiro atoms. The number of allylic oxidation sites excluding steroid dienone is 1. The molecule has 0 amide bonds. The number of halogens is 1. The van der Waals surface area contributed by atoms with E-state index in [-0.39, 0.29) is 0 Å². The molecule has 1 rings (SSSR count). The fourth-order valence-electron chi connectivity index (χ4n) is 3.99. The Morgan fingerprint density at radius 3 is 1.67 bits per heavy atom. The number of rotatable bonds is 13. The van der Waals surface area contributed by atoms with Gasteiger partial charge in [0.2, 0.25) is 0 Å². The third-order valence-corrected chi connectivity index (χ3v) is 25.0. The minimum absolute atomic E-state index is 1.18. The third kappa shape index (κ3) is 9.67. The van der Waals surface area contributed by atoms with Crippen molar-refractivity contribution in [3.63, 3.8) is 0 Å². The van der Waals surface area contributed by atoms with Gasteiger partial charge < -0.3 is 0 Å². The summed E-state index contributed by atoms with van der Waals surface area (Å²) in [5.41, 5.74) is 1.40. The average Bonchev–Trinajstić information content (AvgIpc) is 2.63. The topological polar surface area (TPSA) is 0 Å². The molecular weight excluding hydrogens is 515 g/mol. The van der Waals surface area contributed by atoms with Gasteiger partial charge in [0.15, 0.2) is 0 Å². The summed E-state index contributed by atoms with van der Waals surface area (Å²) in [7, 11) is -1.31. The molecule has 0 N–H and O–H groups in total. The van der Waals surface area contributed by atoms with Gasteiger partial charge in [0.05, 0.1) is 0 Å². The van der Waals surface area contributed by atoms with Gasteiger partial charge in [-0.3, -0.25) is 0 Å². The van der Waals surface area contributed by atoms with E-state index in [0.717, 1.165) is 0 Å². The second-order valence-corrected chi connectivity index (χ2v) is 29.4. The van der Waals surface area contributed by atoms with Crippen LogP contribution in [0.25, 0.3) is 6.08 Å². The average molecular weight is 558 g/mol. The van der Waals surface area contributed by atoms with Crippen molar-refractivity contribution >= 4 is 48.5 Å². The molecule has 0 bridgehead atoms. The Labute approximate surface area is 183 Å². The van der Waals surface area contributed by atoms with Crippen molar-refractivity contribution in [2.24, 2.45) is 0 Å². The molecule has 154 valence electrons. The third-order valence-electron chi connectivity index (χ3n) is 5.92. The van der Waals surface area contributed by atoms with Crippen LogP contribution >= 0.6 is 15.9 Å². The Morgan fingerprint density at radius 1 is 0.852 bits per heavy atom. The predicted octanol–water partition coefficient (Wildman–Crippen LogP) is 9.56. The van der Waals surface area contributed by atoms with E-state index in [0.29, 0.717) is 0 Å². The van der Waals surface area contributed by atoms with Crippen LogP contribution in [0.15, 0.2) is 33.9 Å². The standard InChI is InChI=1S/C12H16BrSi.3C4H9.Sn/c1-10(14(2,3)4)9-11-5-7-12(13)8-6-11;3*1-3-4-2;/h5-9H,1H2,2-4H3;3*1,3-4H2,2H3;/b10-9+;;;;. The van der Waals surface area contributed by atoms with Crippen LogP contribution in [0.1, 0.15) is 64.9 Å². The zero-order valence-electron chi connectivity index (χ0n) is 18.8. The van der Waals surface area contributed by atoms with Gasteiger partial charge in [-0.05, 0) is 0 Å². The van der Waals surface area contributed by atoms with E-state index >= 15 is 0 Å². The molecule has 0 aliphatic rings. The number of unbranched alkanes of at least 4 members (excludes halogenated alkanes) is 3. The van der Waals surface area contributed by atoms with Gasteiger partial charge in [-0.15, -0.1) is 0 Å². The van der Waals surface area contributed by atoms with Gasteiger partial charge in [-0.1, -0.05) is 0 Å². The summed E-state index contributed by atoms with van der Waals surface area (Å²) < 4.78 is 7.56. The van der Waals surface area contributed by atoms with Crippen LogP contribution in [0.2, 0.25) is 37.4 Å². The molecule has 0 aliphatic carbocycles. The molecule has 0 nitrogen and oxygen atoms in total. The number of hydrogen-bond acceptors (Lipinski definition) is 0. The summed E-state index contributed by atoms with van der Waals surface area (Å²) in [6.45, 7) is 14.8. The molecule has 27 heavy (non-hydrogen) atoms. The van der Waals surface area contributed by atoms with Gasteiger partial charge in [-0.2, -0.15) is 0 Å². The first-order chi connectivity index (χ1) is 12.8. The number of benzene rings is 1.